The Morgan fingerprint density at radius 3 is 2.95 bits per heavy atom. The van der Waals surface area contributed by atoms with E-state index in [2.05, 4.69) is 4.98 Å². The number of hydrogen-bond donors (Lipinski definition) is 0. The molecule has 1 aromatic rings. The van der Waals surface area contributed by atoms with Crippen molar-refractivity contribution in [1.82, 2.24) is 4.98 Å². The van der Waals surface area contributed by atoms with Gasteiger partial charge < -0.3 is 4.74 Å². The highest BCUT2D eigenvalue weighted by atomic mass is 32.1. The van der Waals surface area contributed by atoms with Gasteiger partial charge in [0.15, 0.2) is 18.3 Å². The Morgan fingerprint density at radius 2 is 2.38 bits per heavy atom. The van der Waals surface area contributed by atoms with Crippen LogP contribution in [0.1, 0.15) is 35.9 Å². The number of aromatic nitrogens is 1. The van der Waals surface area contributed by atoms with Gasteiger partial charge in [0.2, 0.25) is 0 Å². The summed E-state index contributed by atoms with van der Waals surface area (Å²) in [4.78, 5) is 28.0. The zero-order chi connectivity index (χ0) is 15.2. The van der Waals surface area contributed by atoms with Gasteiger partial charge in [0, 0.05) is 11.1 Å². The van der Waals surface area contributed by atoms with Crippen molar-refractivity contribution in [3.8, 4) is 6.07 Å². The molecule has 1 aromatic heterocycles. The van der Waals surface area contributed by atoms with Gasteiger partial charge in [-0.2, -0.15) is 5.26 Å². The van der Waals surface area contributed by atoms with E-state index in [0.717, 1.165) is 18.5 Å². The Morgan fingerprint density at radius 1 is 1.57 bits per heavy atom. The second-order valence-corrected chi connectivity index (χ2v) is 5.83. The third kappa shape index (κ3) is 3.99. The van der Waals surface area contributed by atoms with Crippen LogP contribution in [0.2, 0.25) is 0 Å². The molecule has 21 heavy (non-hydrogen) atoms. The number of nitrogens with zero attached hydrogens (tertiary/aromatic N) is 2. The highest BCUT2D eigenvalue weighted by Crippen LogP contribution is 2.22. The molecule has 0 fully saturated rings. The number of Topliss-reactive ketones (excluding diaryl/α,β-unsaturated/α-hetero) is 1. The van der Waals surface area contributed by atoms with Crippen LogP contribution in [0.15, 0.2) is 17.5 Å². The molecule has 1 aliphatic carbocycles. The molecule has 0 N–H and O–H groups in total. The summed E-state index contributed by atoms with van der Waals surface area (Å²) in [6.45, 7) is 1.44. The number of carbonyl (C=O) groups excluding carboxylic acids is 2. The number of ketones is 1. The Kier molecular flexibility index (Phi) is 5.23. The molecule has 0 bridgehead atoms. The molecule has 1 heterocycles. The lowest BCUT2D eigenvalue weighted by atomic mass is 9.95. The summed E-state index contributed by atoms with van der Waals surface area (Å²) in [6, 6.07) is 1.93. The number of carbonyl (C=O) groups is 2. The van der Waals surface area contributed by atoms with E-state index in [-0.39, 0.29) is 18.5 Å². The van der Waals surface area contributed by atoms with Gasteiger partial charge >= 0.3 is 5.97 Å². The number of allylic oxidation sites excluding steroid dienone is 2. The lowest BCUT2D eigenvalue weighted by molar-refractivity contribution is -0.152. The van der Waals surface area contributed by atoms with E-state index >= 15 is 0 Å². The fraction of sp³-hybridized carbons (Fsp3) is 0.467. The SMILES string of the molecule is Cc1csc([C@@H](C#N)C(=O)COC(=O)[C@@H]2CC=CCC2)n1. The molecule has 1 aliphatic rings. The highest BCUT2D eigenvalue weighted by molar-refractivity contribution is 7.09. The van der Waals surface area contributed by atoms with Crippen molar-refractivity contribution in [3.05, 3.63) is 28.2 Å². The van der Waals surface area contributed by atoms with E-state index in [1.165, 1.54) is 11.3 Å². The maximum Gasteiger partial charge on any atom is 0.309 e. The average Bonchev–Trinajstić information content (AvgIpc) is 2.92. The van der Waals surface area contributed by atoms with Gasteiger partial charge in [-0.25, -0.2) is 4.98 Å². The fourth-order valence-electron chi connectivity index (χ4n) is 2.12. The largest absolute Gasteiger partial charge is 0.457 e. The smallest absolute Gasteiger partial charge is 0.309 e. The predicted octanol–water partition coefficient (Wildman–Crippen LogP) is 2.53. The van der Waals surface area contributed by atoms with Crippen molar-refractivity contribution in [2.75, 3.05) is 6.61 Å². The topological polar surface area (TPSA) is 80.0 Å². The van der Waals surface area contributed by atoms with Gasteiger partial charge in [0.05, 0.1) is 12.0 Å². The molecule has 2 atom stereocenters. The standard InChI is InChI=1S/C15H16N2O3S/c1-10-9-21-14(17-10)12(7-16)13(18)8-20-15(19)11-5-3-2-4-6-11/h2-3,9,11-12H,4-6,8H2,1H3/t11-,12+/m1/s1. The molecule has 0 saturated carbocycles. The van der Waals surface area contributed by atoms with Crippen LogP contribution in [0, 0.1) is 24.2 Å². The van der Waals surface area contributed by atoms with Crippen molar-refractivity contribution < 1.29 is 14.3 Å². The Hall–Kier alpha value is -2.00. The first-order valence-corrected chi connectivity index (χ1v) is 7.65. The summed E-state index contributed by atoms with van der Waals surface area (Å²) in [7, 11) is 0. The first kappa shape index (κ1) is 15.4. The van der Waals surface area contributed by atoms with Gasteiger partial charge in [-0.3, -0.25) is 9.59 Å². The Balaban J connectivity index is 1.90. The summed E-state index contributed by atoms with van der Waals surface area (Å²) in [5, 5.41) is 11.4. The number of ether oxygens (including phenoxy) is 1. The van der Waals surface area contributed by atoms with Crippen LogP contribution in [0.4, 0.5) is 0 Å². The quantitative estimate of drug-likeness (QED) is 0.617. The molecule has 0 amide bonds. The van der Waals surface area contributed by atoms with Gasteiger partial charge in [0.1, 0.15) is 5.01 Å². The maximum atomic E-state index is 12.0. The minimum Gasteiger partial charge on any atom is -0.457 e. The second kappa shape index (κ2) is 7.14. The van der Waals surface area contributed by atoms with E-state index in [4.69, 9.17) is 10.00 Å². The van der Waals surface area contributed by atoms with Crippen LogP contribution >= 0.6 is 11.3 Å². The Labute approximate surface area is 127 Å². The predicted molar refractivity (Wildman–Crippen MR) is 77.7 cm³/mol. The van der Waals surface area contributed by atoms with Crippen molar-refractivity contribution in [1.29, 1.82) is 5.26 Å². The second-order valence-electron chi connectivity index (χ2n) is 4.94. The van der Waals surface area contributed by atoms with Gasteiger partial charge in [-0.15, -0.1) is 11.3 Å². The number of thiazole rings is 1. The van der Waals surface area contributed by atoms with Crippen molar-refractivity contribution >= 4 is 23.1 Å². The maximum absolute atomic E-state index is 12.0. The molecule has 110 valence electrons. The third-order valence-corrected chi connectivity index (χ3v) is 4.32. The van der Waals surface area contributed by atoms with Crippen molar-refractivity contribution in [2.45, 2.75) is 32.1 Å². The molecule has 0 aromatic carbocycles. The zero-order valence-electron chi connectivity index (χ0n) is 11.7. The molecule has 0 spiro atoms. The molecule has 5 nitrogen and oxygen atoms in total. The minimum atomic E-state index is -0.956. The summed E-state index contributed by atoms with van der Waals surface area (Å²) < 4.78 is 5.06. The minimum absolute atomic E-state index is 0.176. The molecule has 0 saturated heterocycles. The zero-order valence-corrected chi connectivity index (χ0v) is 12.6. The van der Waals surface area contributed by atoms with Crippen LogP contribution in [0.5, 0.6) is 0 Å². The van der Waals surface area contributed by atoms with Crippen LogP contribution in [0.25, 0.3) is 0 Å². The summed E-state index contributed by atoms with van der Waals surface area (Å²) in [6.07, 6.45) is 6.24. The first-order chi connectivity index (χ1) is 10.1. The fourth-order valence-corrected chi connectivity index (χ4v) is 2.98. The van der Waals surface area contributed by atoms with Crippen molar-refractivity contribution in [3.63, 3.8) is 0 Å². The number of nitriles is 1. The van der Waals surface area contributed by atoms with Gasteiger partial charge in [0.25, 0.3) is 0 Å². The molecule has 0 aliphatic heterocycles. The molecular weight excluding hydrogens is 288 g/mol. The number of rotatable bonds is 5. The molecule has 0 unspecified atom stereocenters. The summed E-state index contributed by atoms with van der Waals surface area (Å²) in [5.74, 6) is -1.92. The van der Waals surface area contributed by atoms with E-state index < -0.39 is 11.7 Å². The molecule has 2 rings (SSSR count). The van der Waals surface area contributed by atoms with E-state index in [9.17, 15) is 9.59 Å². The third-order valence-electron chi connectivity index (χ3n) is 3.29. The van der Waals surface area contributed by atoms with Crippen LogP contribution in [0.3, 0.4) is 0 Å². The van der Waals surface area contributed by atoms with Gasteiger partial charge in [-0.1, -0.05) is 12.2 Å². The van der Waals surface area contributed by atoms with E-state index in [0.29, 0.717) is 11.4 Å². The molecule has 0 radical (unpaired) electrons. The van der Waals surface area contributed by atoms with Crippen molar-refractivity contribution in [2.24, 2.45) is 5.92 Å². The van der Waals surface area contributed by atoms with Gasteiger partial charge in [-0.05, 0) is 26.2 Å². The summed E-state index contributed by atoms with van der Waals surface area (Å²) >= 11 is 1.27. The summed E-state index contributed by atoms with van der Waals surface area (Å²) in [5.41, 5.74) is 0.772. The Bertz CT molecular complexity index is 600. The van der Waals surface area contributed by atoms with Crippen LogP contribution < -0.4 is 0 Å². The lowest BCUT2D eigenvalue weighted by Crippen LogP contribution is -2.24. The monoisotopic (exact) mass is 304 g/mol. The average molecular weight is 304 g/mol. The number of aryl methyl sites for hydroxylation is 1. The van der Waals surface area contributed by atoms with E-state index in [1.54, 1.807) is 12.3 Å². The molecule has 6 heteroatoms. The first-order valence-electron chi connectivity index (χ1n) is 6.77. The van der Waals surface area contributed by atoms with Crippen LogP contribution in [-0.2, 0) is 14.3 Å². The normalized spacial score (nSPS) is 18.8. The number of esters is 1. The number of hydrogen-bond acceptors (Lipinski definition) is 6. The lowest BCUT2D eigenvalue weighted by Gasteiger charge is -2.16. The molecular formula is C15H16N2O3S. The highest BCUT2D eigenvalue weighted by Gasteiger charge is 2.26. The van der Waals surface area contributed by atoms with Crippen LogP contribution in [-0.4, -0.2) is 23.3 Å². The van der Waals surface area contributed by atoms with E-state index in [1.807, 2.05) is 18.2 Å².